The van der Waals surface area contributed by atoms with Crippen LogP contribution in [0.3, 0.4) is 0 Å². The van der Waals surface area contributed by atoms with E-state index in [1.54, 1.807) is 30.1 Å². The predicted octanol–water partition coefficient (Wildman–Crippen LogP) is 4.57. The van der Waals surface area contributed by atoms with Crippen molar-refractivity contribution < 1.29 is 14.2 Å². The highest BCUT2D eigenvalue weighted by atomic mass is 16.5. The average molecular weight is 467 g/mol. The molecule has 1 fully saturated rings. The van der Waals surface area contributed by atoms with E-state index in [9.17, 15) is 4.79 Å². The maximum Gasteiger partial charge on any atom is 0.316 e. The zero-order chi connectivity index (χ0) is 21.9. The number of aromatic nitrogens is 4. The zero-order valence-corrected chi connectivity index (χ0v) is 18.1. The summed E-state index contributed by atoms with van der Waals surface area (Å²) in [7, 11) is 1.76. The van der Waals surface area contributed by atoms with Crippen LogP contribution in [0.25, 0.3) is 16.6 Å². The molecule has 0 N–H and O–H groups in total. The molecule has 3 heterocycles. The van der Waals surface area contributed by atoms with Gasteiger partial charge in [0.15, 0.2) is 0 Å². The molecule has 3 aromatic rings. The Bertz CT molecular complexity index is 1180. The summed E-state index contributed by atoms with van der Waals surface area (Å²) in [4.78, 5) is 25.0. The van der Waals surface area contributed by atoms with E-state index >= 15 is 0 Å². The molecule has 8 nitrogen and oxygen atoms in total. The third kappa shape index (κ3) is 5.44. The van der Waals surface area contributed by atoms with E-state index in [0.717, 1.165) is 48.7 Å². The number of benzene rings is 1. The molecule has 0 saturated heterocycles. The van der Waals surface area contributed by atoms with Crippen LogP contribution in [0.5, 0.6) is 11.8 Å². The van der Waals surface area contributed by atoms with Crippen molar-refractivity contribution in [1.29, 1.82) is 0 Å². The molecule has 182 valence electrons. The van der Waals surface area contributed by atoms with Gasteiger partial charge >= 0.3 is 6.01 Å². The van der Waals surface area contributed by atoms with Gasteiger partial charge in [0.05, 0.1) is 31.0 Å². The lowest BCUT2D eigenvalue weighted by atomic mass is 9.94. The van der Waals surface area contributed by atoms with Crippen molar-refractivity contribution >= 4 is 16.6 Å². The SMILES string of the molecule is C.C.Cn1c(=O)cnc2cc(C3=CCOCC3)cc(OC3CCC(Oc4ncccn4)CC3)c21. The van der Waals surface area contributed by atoms with Crippen molar-refractivity contribution in [2.75, 3.05) is 13.2 Å². The van der Waals surface area contributed by atoms with E-state index in [1.165, 1.54) is 11.8 Å². The van der Waals surface area contributed by atoms with Crippen LogP contribution >= 0.6 is 0 Å². The van der Waals surface area contributed by atoms with Gasteiger partial charge in [-0.2, -0.15) is 0 Å². The molecule has 5 rings (SSSR count). The summed E-state index contributed by atoms with van der Waals surface area (Å²) < 4.78 is 19.5. The molecule has 0 spiro atoms. The molecule has 0 atom stereocenters. The van der Waals surface area contributed by atoms with Gasteiger partial charge in [0, 0.05) is 19.4 Å². The first-order valence-electron chi connectivity index (χ1n) is 11.0. The van der Waals surface area contributed by atoms with Crippen molar-refractivity contribution in [2.45, 2.75) is 59.2 Å². The fourth-order valence-electron chi connectivity index (χ4n) is 4.36. The van der Waals surface area contributed by atoms with Gasteiger partial charge in [-0.15, -0.1) is 0 Å². The maximum atomic E-state index is 12.3. The van der Waals surface area contributed by atoms with Gasteiger partial charge in [0.2, 0.25) is 0 Å². The van der Waals surface area contributed by atoms with Crippen molar-refractivity contribution in [3.8, 4) is 11.8 Å². The number of fused-ring (bicyclic) bond motifs is 1. The minimum absolute atomic E-state index is 0. The van der Waals surface area contributed by atoms with Crippen molar-refractivity contribution in [3.05, 3.63) is 58.8 Å². The van der Waals surface area contributed by atoms with Gasteiger partial charge in [-0.05, 0) is 61.4 Å². The van der Waals surface area contributed by atoms with Crippen LogP contribution in [0.4, 0.5) is 0 Å². The van der Waals surface area contributed by atoms with E-state index < -0.39 is 0 Å². The number of hydrogen-bond acceptors (Lipinski definition) is 7. The Hall–Kier alpha value is -3.26. The molecule has 1 aliphatic heterocycles. The van der Waals surface area contributed by atoms with Gasteiger partial charge in [0.1, 0.15) is 17.4 Å². The van der Waals surface area contributed by atoms with Gasteiger partial charge in [-0.3, -0.25) is 4.79 Å². The molecule has 8 heteroatoms. The van der Waals surface area contributed by atoms with E-state index in [-0.39, 0.29) is 32.6 Å². The van der Waals surface area contributed by atoms with E-state index in [2.05, 4.69) is 21.0 Å². The largest absolute Gasteiger partial charge is 0.488 e. The van der Waals surface area contributed by atoms with Gasteiger partial charge in [-0.1, -0.05) is 20.9 Å². The topological polar surface area (TPSA) is 88.4 Å². The highest BCUT2D eigenvalue weighted by molar-refractivity contribution is 5.86. The first-order valence-corrected chi connectivity index (χ1v) is 11.0. The Balaban J connectivity index is 0.00000162. The highest BCUT2D eigenvalue weighted by Gasteiger charge is 2.25. The Morgan fingerprint density at radius 2 is 1.71 bits per heavy atom. The quantitative estimate of drug-likeness (QED) is 0.544. The molecular weight excluding hydrogens is 432 g/mol. The summed E-state index contributed by atoms with van der Waals surface area (Å²) in [6.45, 7) is 1.31. The zero-order valence-electron chi connectivity index (χ0n) is 18.1. The third-order valence-electron chi connectivity index (χ3n) is 6.10. The normalized spacial score (nSPS) is 20.0. The van der Waals surface area contributed by atoms with Crippen molar-refractivity contribution in [2.24, 2.45) is 7.05 Å². The summed E-state index contributed by atoms with van der Waals surface area (Å²) in [5.74, 6) is 0.702. The smallest absolute Gasteiger partial charge is 0.316 e. The molecule has 0 bridgehead atoms. The fraction of sp³-hybridized carbons (Fsp3) is 0.462. The number of aryl methyl sites for hydroxylation is 1. The van der Waals surface area contributed by atoms with E-state index in [0.29, 0.717) is 25.0 Å². The van der Waals surface area contributed by atoms with Gasteiger partial charge in [0.25, 0.3) is 5.56 Å². The predicted molar refractivity (Wildman–Crippen MR) is 133 cm³/mol. The maximum absolute atomic E-state index is 12.3. The second-order valence-corrected chi connectivity index (χ2v) is 8.22. The molecule has 2 aliphatic rings. The molecule has 0 unspecified atom stereocenters. The van der Waals surface area contributed by atoms with Crippen LogP contribution in [0, 0.1) is 0 Å². The summed E-state index contributed by atoms with van der Waals surface area (Å²) >= 11 is 0. The Labute approximate surface area is 200 Å². The summed E-state index contributed by atoms with van der Waals surface area (Å²) in [6, 6.07) is 6.26. The molecule has 1 saturated carbocycles. The summed E-state index contributed by atoms with van der Waals surface area (Å²) in [5.41, 5.74) is 3.62. The van der Waals surface area contributed by atoms with E-state index in [1.807, 2.05) is 12.1 Å². The molecule has 34 heavy (non-hydrogen) atoms. The number of nitrogens with zero attached hydrogens (tertiary/aromatic N) is 4. The Morgan fingerprint density at radius 3 is 2.38 bits per heavy atom. The molecule has 0 radical (unpaired) electrons. The number of rotatable bonds is 5. The summed E-state index contributed by atoms with van der Waals surface area (Å²) in [6.07, 6.45) is 11.2. The summed E-state index contributed by atoms with van der Waals surface area (Å²) in [5, 5.41) is 0. The average Bonchev–Trinajstić information content (AvgIpc) is 2.84. The van der Waals surface area contributed by atoms with Crippen LogP contribution < -0.4 is 15.0 Å². The lowest BCUT2D eigenvalue weighted by Gasteiger charge is -2.29. The molecule has 1 aliphatic carbocycles. The van der Waals surface area contributed by atoms with Crippen LogP contribution in [0.1, 0.15) is 52.5 Å². The minimum Gasteiger partial charge on any atom is -0.488 e. The molecule has 1 aromatic carbocycles. The van der Waals surface area contributed by atoms with Gasteiger partial charge < -0.3 is 18.8 Å². The van der Waals surface area contributed by atoms with Gasteiger partial charge in [-0.25, -0.2) is 15.0 Å². The van der Waals surface area contributed by atoms with E-state index in [4.69, 9.17) is 14.2 Å². The molecular formula is C26H34N4O4. The van der Waals surface area contributed by atoms with Crippen LogP contribution in [0.2, 0.25) is 0 Å². The molecule has 2 aromatic heterocycles. The monoisotopic (exact) mass is 466 g/mol. The number of hydrogen-bond donors (Lipinski definition) is 0. The second kappa shape index (κ2) is 11.2. The van der Waals surface area contributed by atoms with Crippen LogP contribution in [-0.2, 0) is 11.8 Å². The number of ether oxygens (including phenoxy) is 3. The second-order valence-electron chi connectivity index (χ2n) is 8.22. The minimum atomic E-state index is -0.152. The van der Waals surface area contributed by atoms with Crippen molar-refractivity contribution in [3.63, 3.8) is 0 Å². The molecule has 0 amide bonds. The van der Waals surface area contributed by atoms with Crippen LogP contribution in [-0.4, -0.2) is 44.9 Å². The Kier molecular flexibility index (Phi) is 8.39. The first kappa shape index (κ1) is 25.4. The lowest BCUT2D eigenvalue weighted by molar-refractivity contribution is 0.0756. The fourth-order valence-corrected chi connectivity index (χ4v) is 4.36. The third-order valence-corrected chi connectivity index (χ3v) is 6.10. The first-order chi connectivity index (χ1) is 15.7. The lowest BCUT2D eigenvalue weighted by Crippen LogP contribution is -2.30. The Morgan fingerprint density at radius 1 is 1.00 bits per heavy atom. The van der Waals surface area contributed by atoms with Crippen molar-refractivity contribution in [1.82, 2.24) is 19.5 Å². The standard InChI is InChI=1S/C24H26N4O4.2CH4/c1-28-22(29)15-27-20-13-17(16-7-11-30-12-8-16)14-21(23(20)28)31-18-3-5-19(6-4-18)32-24-25-9-2-10-26-24;;/h2,7,9-10,13-15,18-19H,3-6,8,11-12H2,1H3;2*1H4. The van der Waals surface area contributed by atoms with Crippen LogP contribution in [0.15, 0.2) is 47.7 Å². The highest BCUT2D eigenvalue weighted by Crippen LogP contribution is 2.33.